The number of rotatable bonds is 7. The largest absolute Gasteiger partial charge is 0.241 e. The fourth-order valence-corrected chi connectivity index (χ4v) is 12.2. The van der Waals surface area contributed by atoms with E-state index in [1.54, 1.807) is 0 Å². The summed E-state index contributed by atoms with van der Waals surface area (Å²) in [6.45, 7) is 10.0. The summed E-state index contributed by atoms with van der Waals surface area (Å²) >= 11 is 2.50. The summed E-state index contributed by atoms with van der Waals surface area (Å²) in [5, 5.41) is 0. The second kappa shape index (κ2) is 9.18. The Morgan fingerprint density at radius 3 is 1.32 bits per heavy atom. The highest BCUT2D eigenvalue weighted by atomic mass is 127. The summed E-state index contributed by atoms with van der Waals surface area (Å²) in [5.41, 5.74) is -2.14. The van der Waals surface area contributed by atoms with Crippen LogP contribution >= 0.6 is 106 Å². The van der Waals surface area contributed by atoms with Gasteiger partial charge in [0.15, 0.2) is 0 Å². The standard InChI is InChI=1S/C14H37FIP9/c1-6-7-10(16,19)12(20,21)14(24,25)13(22,23)11(15,8(2,3)4)9(5,17)18/h6-7,17-25H2,1-5H3. The Balaban J connectivity index is 6.64. The van der Waals surface area contributed by atoms with Gasteiger partial charge in [-0.15, -0.1) is 83.2 Å². The van der Waals surface area contributed by atoms with E-state index >= 15 is 4.39 Å². The Morgan fingerprint density at radius 1 is 0.720 bits per heavy atom. The minimum atomic E-state index is -1.55. The van der Waals surface area contributed by atoms with E-state index in [0.29, 0.717) is 0 Å². The first-order valence-electron chi connectivity index (χ1n) is 8.04. The Bertz CT molecular complexity index is 464. The van der Waals surface area contributed by atoms with Gasteiger partial charge in [-0.2, -0.15) is 0 Å². The molecule has 0 rings (SSSR count). The van der Waals surface area contributed by atoms with Crippen molar-refractivity contribution in [1.82, 2.24) is 0 Å². The van der Waals surface area contributed by atoms with Gasteiger partial charge >= 0.3 is 0 Å². The number of hydrogen-bond acceptors (Lipinski definition) is 0. The van der Waals surface area contributed by atoms with Crippen molar-refractivity contribution in [1.29, 1.82) is 0 Å². The lowest BCUT2D eigenvalue weighted by molar-refractivity contribution is 0.00387. The minimum Gasteiger partial charge on any atom is -0.241 e. The van der Waals surface area contributed by atoms with Gasteiger partial charge in [0.05, 0.1) is 0 Å². The molecule has 0 fully saturated rings. The van der Waals surface area contributed by atoms with Gasteiger partial charge in [0.25, 0.3) is 0 Å². The van der Waals surface area contributed by atoms with Crippen molar-refractivity contribution in [2.24, 2.45) is 5.41 Å². The van der Waals surface area contributed by atoms with Crippen molar-refractivity contribution >= 4 is 106 Å². The van der Waals surface area contributed by atoms with Crippen molar-refractivity contribution in [3.8, 4) is 0 Å². The Morgan fingerprint density at radius 2 is 1.08 bits per heavy atom. The molecule has 0 aliphatic rings. The van der Waals surface area contributed by atoms with Gasteiger partial charge < -0.3 is 0 Å². The smallest absolute Gasteiger partial charge is 0.141 e. The van der Waals surface area contributed by atoms with Crippen molar-refractivity contribution in [3.05, 3.63) is 0 Å². The van der Waals surface area contributed by atoms with Crippen LogP contribution in [0.2, 0.25) is 0 Å². The summed E-state index contributed by atoms with van der Waals surface area (Å²) in [7, 11) is 26.0. The third-order valence-electron chi connectivity index (χ3n) is 5.02. The van der Waals surface area contributed by atoms with Gasteiger partial charge in [-0.3, -0.25) is 0 Å². The summed E-state index contributed by atoms with van der Waals surface area (Å²) < 4.78 is 16.9. The molecule has 11 unspecified atom stereocenters. The Hall–Kier alpha value is 4.53. The number of hydrogen-bond donors (Lipinski definition) is 0. The highest BCUT2D eigenvalue weighted by Gasteiger charge is 2.70. The van der Waals surface area contributed by atoms with E-state index < -0.39 is 25.8 Å². The third kappa shape index (κ3) is 5.14. The lowest BCUT2D eigenvalue weighted by Crippen LogP contribution is -2.70. The van der Waals surface area contributed by atoms with Crippen LogP contribution < -0.4 is 0 Å². The van der Waals surface area contributed by atoms with E-state index in [0.717, 1.165) is 12.8 Å². The topological polar surface area (TPSA) is 0 Å². The van der Waals surface area contributed by atoms with Gasteiger partial charge in [0.2, 0.25) is 0 Å². The summed E-state index contributed by atoms with van der Waals surface area (Å²) in [6, 6.07) is 0. The number of halogens is 2. The monoisotopic (exact) mass is 630 g/mol. The molecule has 11 heteroatoms. The molecule has 11 atom stereocenters. The fourth-order valence-electron chi connectivity index (χ4n) is 3.42. The van der Waals surface area contributed by atoms with Crippen LogP contribution in [-0.2, 0) is 0 Å². The van der Waals surface area contributed by atoms with E-state index in [4.69, 9.17) is 0 Å². The van der Waals surface area contributed by atoms with Gasteiger partial charge in [0.1, 0.15) is 5.67 Å². The van der Waals surface area contributed by atoms with E-state index in [1.807, 2.05) is 27.7 Å². The molecule has 0 N–H and O–H groups in total. The SMILES string of the molecule is CCCC(P)(I)C(P)(P)C(P)(P)C(P)(P)C(F)(C(C)(C)C)C(C)(P)P. The average Bonchev–Trinajstić information content (AvgIpc) is 2.33. The van der Waals surface area contributed by atoms with E-state index in [9.17, 15) is 0 Å². The highest BCUT2D eigenvalue weighted by molar-refractivity contribution is 14.1. The quantitative estimate of drug-likeness (QED) is 0.175. The predicted octanol–water partition coefficient (Wildman–Crippen LogP) is 6.35. The van der Waals surface area contributed by atoms with Crippen molar-refractivity contribution < 1.29 is 4.39 Å². The fraction of sp³-hybridized carbons (Fsp3) is 1.00. The molecule has 0 heterocycles. The van der Waals surface area contributed by atoms with E-state index in [2.05, 4.69) is 113 Å². The molecule has 0 aromatic carbocycles. The molecule has 25 heavy (non-hydrogen) atoms. The first-order chi connectivity index (χ1) is 10.6. The maximum absolute atomic E-state index is 17.0. The van der Waals surface area contributed by atoms with Crippen LogP contribution in [0.5, 0.6) is 0 Å². The molecule has 0 spiro atoms. The second-order valence-corrected chi connectivity index (χ2v) is 23.0. The predicted molar refractivity (Wildman–Crippen MR) is 159 cm³/mol. The third-order valence-corrected chi connectivity index (χ3v) is 18.2. The molecule has 152 valence electrons. The molecule has 0 saturated carbocycles. The molecule has 0 amide bonds. The van der Waals surface area contributed by atoms with E-state index in [1.165, 1.54) is 0 Å². The normalized spacial score (nSPS) is 20.2. The molecule has 0 aromatic rings. The van der Waals surface area contributed by atoms with Crippen LogP contribution in [0.3, 0.4) is 0 Å². The van der Waals surface area contributed by atoms with Gasteiger partial charge in [-0.25, -0.2) is 4.39 Å². The zero-order valence-electron chi connectivity index (χ0n) is 15.9. The number of alkyl halides is 2. The molecule has 0 saturated heterocycles. The average molecular weight is 630 g/mol. The Kier molecular flexibility index (Phi) is 10.8. The highest BCUT2D eigenvalue weighted by Crippen LogP contribution is 2.74. The molecule has 0 aliphatic heterocycles. The molecule has 0 aliphatic carbocycles. The first kappa shape index (κ1) is 29.5. The van der Waals surface area contributed by atoms with Crippen LogP contribution in [0.4, 0.5) is 4.39 Å². The van der Waals surface area contributed by atoms with Gasteiger partial charge in [0, 0.05) is 22.8 Å². The second-order valence-electron chi connectivity index (χ2n) is 8.41. The van der Waals surface area contributed by atoms with E-state index in [-0.39, 0.29) is 8.06 Å². The maximum Gasteiger partial charge on any atom is 0.141 e. The maximum atomic E-state index is 17.0. The zero-order valence-corrected chi connectivity index (χ0v) is 28.4. The van der Waals surface area contributed by atoms with Crippen molar-refractivity contribution in [2.75, 3.05) is 0 Å². The molecular weight excluding hydrogens is 593 g/mol. The summed E-state index contributed by atoms with van der Waals surface area (Å²) in [4.78, 5) is -2.50. The van der Waals surface area contributed by atoms with Crippen LogP contribution in [-0.4, -0.2) is 28.4 Å². The van der Waals surface area contributed by atoms with Crippen molar-refractivity contribution in [2.45, 2.75) is 75.9 Å². The molecule has 0 radical (unpaired) electrons. The van der Waals surface area contributed by atoms with Crippen LogP contribution in [0, 0.1) is 5.41 Å². The molecule has 0 bridgehead atoms. The molecule has 0 aromatic heterocycles. The van der Waals surface area contributed by atoms with Crippen LogP contribution in [0.1, 0.15) is 47.5 Å². The van der Waals surface area contributed by atoms with Crippen LogP contribution in [0.15, 0.2) is 0 Å². The van der Waals surface area contributed by atoms with Gasteiger partial charge in [-0.05, 0) is 18.8 Å². The lowest BCUT2D eigenvalue weighted by atomic mass is 9.71. The van der Waals surface area contributed by atoms with Gasteiger partial charge in [-0.1, -0.05) is 56.7 Å². The van der Waals surface area contributed by atoms with Crippen LogP contribution in [0.25, 0.3) is 0 Å². The summed E-state index contributed by atoms with van der Waals surface area (Å²) in [6.07, 6.45) is 2.07. The summed E-state index contributed by atoms with van der Waals surface area (Å²) in [5.74, 6) is 0. The zero-order chi connectivity index (χ0) is 20.9. The minimum absolute atomic E-state index is 0.131. The van der Waals surface area contributed by atoms with Crippen molar-refractivity contribution in [3.63, 3.8) is 0 Å². The molecular formula is C14H37FIP9. The molecule has 0 nitrogen and oxygen atoms in total. The first-order valence-corrected chi connectivity index (χ1v) is 14.3. The lowest BCUT2D eigenvalue weighted by Gasteiger charge is -2.65. The Labute approximate surface area is 190 Å².